The standard InChI is InChI=1S/C9H15N3OS/c1-2-7(10)9(13)12-4-3-8-11-5-6-14-8/h5-7H,2-4,10H2,1H3,(H,12,13)/t7-/m1/s1. The van der Waals surface area contributed by atoms with Crippen molar-refractivity contribution in [2.75, 3.05) is 6.54 Å². The van der Waals surface area contributed by atoms with Gasteiger partial charge in [-0.1, -0.05) is 6.92 Å². The molecule has 4 nitrogen and oxygen atoms in total. The monoisotopic (exact) mass is 213 g/mol. The van der Waals surface area contributed by atoms with Gasteiger partial charge in [-0.05, 0) is 6.42 Å². The Hall–Kier alpha value is -0.940. The molecule has 0 aromatic carbocycles. The van der Waals surface area contributed by atoms with Crippen LogP contribution >= 0.6 is 11.3 Å². The second-order valence-corrected chi connectivity index (χ2v) is 3.96. The Bertz CT molecular complexity index is 274. The number of thiazole rings is 1. The van der Waals surface area contributed by atoms with E-state index in [4.69, 9.17) is 5.73 Å². The number of amides is 1. The van der Waals surface area contributed by atoms with Crippen molar-refractivity contribution >= 4 is 17.2 Å². The molecule has 0 saturated carbocycles. The highest BCUT2D eigenvalue weighted by Gasteiger charge is 2.09. The number of nitrogens with one attached hydrogen (secondary N) is 1. The predicted molar refractivity (Wildman–Crippen MR) is 57.1 cm³/mol. The molecule has 1 aromatic heterocycles. The molecule has 1 heterocycles. The van der Waals surface area contributed by atoms with Crippen molar-refractivity contribution in [2.45, 2.75) is 25.8 Å². The lowest BCUT2D eigenvalue weighted by molar-refractivity contribution is -0.122. The summed E-state index contributed by atoms with van der Waals surface area (Å²) in [7, 11) is 0. The van der Waals surface area contributed by atoms with Gasteiger partial charge in [-0.2, -0.15) is 0 Å². The van der Waals surface area contributed by atoms with Crippen molar-refractivity contribution in [3.05, 3.63) is 16.6 Å². The van der Waals surface area contributed by atoms with E-state index < -0.39 is 0 Å². The molecule has 0 unspecified atom stereocenters. The Morgan fingerprint density at radius 3 is 3.14 bits per heavy atom. The van der Waals surface area contributed by atoms with Crippen LogP contribution in [0.4, 0.5) is 0 Å². The normalized spacial score (nSPS) is 12.4. The smallest absolute Gasteiger partial charge is 0.236 e. The van der Waals surface area contributed by atoms with Crippen LogP contribution in [0.2, 0.25) is 0 Å². The fraction of sp³-hybridized carbons (Fsp3) is 0.556. The second-order valence-electron chi connectivity index (χ2n) is 2.98. The molecule has 1 atom stereocenters. The van der Waals surface area contributed by atoms with E-state index in [1.807, 2.05) is 12.3 Å². The molecule has 0 saturated heterocycles. The molecule has 0 bridgehead atoms. The van der Waals surface area contributed by atoms with E-state index in [0.29, 0.717) is 13.0 Å². The van der Waals surface area contributed by atoms with E-state index in [-0.39, 0.29) is 11.9 Å². The summed E-state index contributed by atoms with van der Waals surface area (Å²) >= 11 is 1.60. The van der Waals surface area contributed by atoms with Crippen molar-refractivity contribution < 1.29 is 4.79 Å². The van der Waals surface area contributed by atoms with Gasteiger partial charge in [-0.15, -0.1) is 11.3 Å². The van der Waals surface area contributed by atoms with Crippen molar-refractivity contribution in [3.63, 3.8) is 0 Å². The molecule has 0 radical (unpaired) electrons. The van der Waals surface area contributed by atoms with Gasteiger partial charge in [0.05, 0.1) is 11.0 Å². The van der Waals surface area contributed by atoms with Crippen molar-refractivity contribution in [1.82, 2.24) is 10.3 Å². The van der Waals surface area contributed by atoms with Gasteiger partial charge < -0.3 is 11.1 Å². The zero-order valence-electron chi connectivity index (χ0n) is 8.19. The summed E-state index contributed by atoms with van der Waals surface area (Å²) in [6, 6.07) is -0.383. The number of hydrogen-bond acceptors (Lipinski definition) is 4. The summed E-state index contributed by atoms with van der Waals surface area (Å²) in [6.07, 6.45) is 3.21. The molecule has 0 fully saturated rings. The third kappa shape index (κ3) is 3.43. The highest BCUT2D eigenvalue weighted by molar-refractivity contribution is 7.09. The zero-order chi connectivity index (χ0) is 10.4. The predicted octanol–water partition coefficient (Wildman–Crippen LogP) is 0.539. The first-order valence-corrected chi connectivity index (χ1v) is 5.53. The van der Waals surface area contributed by atoms with Crippen molar-refractivity contribution in [3.8, 4) is 0 Å². The van der Waals surface area contributed by atoms with Crippen LogP contribution in [0.1, 0.15) is 18.4 Å². The number of carbonyl (C=O) groups is 1. The lowest BCUT2D eigenvalue weighted by Crippen LogP contribution is -2.40. The fourth-order valence-electron chi connectivity index (χ4n) is 0.986. The first-order valence-electron chi connectivity index (χ1n) is 4.65. The van der Waals surface area contributed by atoms with E-state index in [1.165, 1.54) is 0 Å². The van der Waals surface area contributed by atoms with Gasteiger partial charge >= 0.3 is 0 Å². The molecule has 0 aliphatic carbocycles. The van der Waals surface area contributed by atoms with Crippen LogP contribution < -0.4 is 11.1 Å². The number of hydrogen-bond donors (Lipinski definition) is 2. The minimum atomic E-state index is -0.383. The zero-order valence-corrected chi connectivity index (χ0v) is 9.01. The molecule has 5 heteroatoms. The van der Waals surface area contributed by atoms with E-state index in [0.717, 1.165) is 11.4 Å². The van der Waals surface area contributed by atoms with Crippen LogP contribution in [0.15, 0.2) is 11.6 Å². The van der Waals surface area contributed by atoms with E-state index in [9.17, 15) is 4.79 Å². The second kappa shape index (κ2) is 5.72. The van der Waals surface area contributed by atoms with Gasteiger partial charge in [0.1, 0.15) is 0 Å². The average molecular weight is 213 g/mol. The molecular weight excluding hydrogens is 198 g/mol. The summed E-state index contributed by atoms with van der Waals surface area (Å²) in [5.74, 6) is -0.0796. The van der Waals surface area contributed by atoms with E-state index in [2.05, 4.69) is 10.3 Å². The largest absolute Gasteiger partial charge is 0.354 e. The van der Waals surface area contributed by atoms with E-state index in [1.54, 1.807) is 17.5 Å². The lowest BCUT2D eigenvalue weighted by atomic mass is 10.2. The van der Waals surface area contributed by atoms with Gasteiger partial charge in [0.25, 0.3) is 0 Å². The Labute approximate surface area is 87.5 Å². The van der Waals surface area contributed by atoms with Crippen LogP contribution in [-0.4, -0.2) is 23.5 Å². The molecule has 0 aliphatic rings. The molecule has 1 rings (SSSR count). The first-order chi connectivity index (χ1) is 6.74. The molecule has 1 amide bonds. The number of aromatic nitrogens is 1. The fourth-order valence-corrected chi connectivity index (χ4v) is 1.61. The van der Waals surface area contributed by atoms with Crippen LogP contribution in [0.25, 0.3) is 0 Å². The summed E-state index contributed by atoms with van der Waals surface area (Å²) < 4.78 is 0. The minimum absolute atomic E-state index is 0.0796. The van der Waals surface area contributed by atoms with Crippen LogP contribution in [0, 0.1) is 0 Å². The molecular formula is C9H15N3OS. The number of rotatable bonds is 5. The Kier molecular flexibility index (Phi) is 4.55. The third-order valence-electron chi connectivity index (χ3n) is 1.90. The lowest BCUT2D eigenvalue weighted by Gasteiger charge is -2.08. The topological polar surface area (TPSA) is 68.0 Å². The van der Waals surface area contributed by atoms with Gasteiger partial charge in [0.15, 0.2) is 0 Å². The Morgan fingerprint density at radius 2 is 2.57 bits per heavy atom. The maximum Gasteiger partial charge on any atom is 0.236 e. The van der Waals surface area contributed by atoms with Crippen LogP contribution in [0.5, 0.6) is 0 Å². The van der Waals surface area contributed by atoms with Crippen LogP contribution in [0.3, 0.4) is 0 Å². The van der Waals surface area contributed by atoms with Crippen LogP contribution in [-0.2, 0) is 11.2 Å². The van der Waals surface area contributed by atoms with Crippen molar-refractivity contribution in [1.29, 1.82) is 0 Å². The summed E-state index contributed by atoms with van der Waals surface area (Å²) in [5.41, 5.74) is 5.55. The number of carbonyl (C=O) groups excluding carboxylic acids is 1. The number of nitrogens with two attached hydrogens (primary N) is 1. The SMILES string of the molecule is CC[C@@H](N)C(=O)NCCc1nccs1. The van der Waals surface area contributed by atoms with E-state index >= 15 is 0 Å². The number of nitrogens with zero attached hydrogens (tertiary/aromatic N) is 1. The first kappa shape index (κ1) is 11.1. The van der Waals surface area contributed by atoms with Gasteiger partial charge in [0, 0.05) is 24.5 Å². The summed E-state index contributed by atoms with van der Waals surface area (Å²) in [4.78, 5) is 15.4. The third-order valence-corrected chi connectivity index (χ3v) is 2.74. The molecule has 14 heavy (non-hydrogen) atoms. The highest BCUT2D eigenvalue weighted by Crippen LogP contribution is 2.03. The van der Waals surface area contributed by atoms with Crippen molar-refractivity contribution in [2.24, 2.45) is 5.73 Å². The Morgan fingerprint density at radius 1 is 1.79 bits per heavy atom. The molecule has 0 spiro atoms. The maximum absolute atomic E-state index is 11.2. The molecule has 78 valence electrons. The summed E-state index contributed by atoms with van der Waals surface area (Å²) in [6.45, 7) is 2.51. The molecule has 3 N–H and O–H groups in total. The molecule has 1 aromatic rings. The summed E-state index contributed by atoms with van der Waals surface area (Å²) in [5, 5.41) is 5.74. The highest BCUT2D eigenvalue weighted by atomic mass is 32.1. The maximum atomic E-state index is 11.2. The molecule has 0 aliphatic heterocycles. The van der Waals surface area contributed by atoms with Gasteiger partial charge in [-0.3, -0.25) is 4.79 Å². The minimum Gasteiger partial charge on any atom is -0.354 e. The van der Waals surface area contributed by atoms with Gasteiger partial charge in [0.2, 0.25) is 5.91 Å². The quantitative estimate of drug-likeness (QED) is 0.750. The van der Waals surface area contributed by atoms with Gasteiger partial charge in [-0.25, -0.2) is 4.98 Å². The average Bonchev–Trinajstić information content (AvgIpc) is 2.69. The Balaban J connectivity index is 2.18.